The van der Waals surface area contributed by atoms with Gasteiger partial charge in [0.15, 0.2) is 11.5 Å². The maximum atomic E-state index is 12.9. The van der Waals surface area contributed by atoms with E-state index in [0.717, 1.165) is 23.3 Å². The van der Waals surface area contributed by atoms with Gasteiger partial charge in [0.2, 0.25) is 0 Å². The minimum atomic E-state index is -4.55. The molecule has 0 spiro atoms. The fourth-order valence-electron chi connectivity index (χ4n) is 3.09. The number of aryl methyl sites for hydroxylation is 1. The molecule has 3 aromatic carbocycles. The summed E-state index contributed by atoms with van der Waals surface area (Å²) in [6, 6.07) is 17.0. The molecule has 1 amide bonds. The molecule has 0 aliphatic rings. The van der Waals surface area contributed by atoms with Crippen molar-refractivity contribution >= 4 is 33.6 Å². The Bertz CT molecular complexity index is 1300. The molecule has 0 saturated heterocycles. The largest absolute Gasteiger partial charge is 0.493 e. The van der Waals surface area contributed by atoms with Gasteiger partial charge < -0.3 is 14.8 Å². The molecule has 0 aromatic heterocycles. The third kappa shape index (κ3) is 6.87. The van der Waals surface area contributed by atoms with Crippen molar-refractivity contribution in [2.45, 2.75) is 19.7 Å². The maximum Gasteiger partial charge on any atom is 0.416 e. The zero-order valence-electron chi connectivity index (χ0n) is 18.7. The number of hydrogen-bond donors (Lipinski definition) is 1. The van der Waals surface area contributed by atoms with Crippen LogP contribution in [0.3, 0.4) is 0 Å². The van der Waals surface area contributed by atoms with Crippen LogP contribution in [0.4, 0.5) is 18.9 Å². The molecule has 0 bridgehead atoms. The molecule has 5 nitrogen and oxygen atoms in total. The molecule has 0 heterocycles. The van der Waals surface area contributed by atoms with Crippen molar-refractivity contribution < 1.29 is 27.4 Å². The summed E-state index contributed by atoms with van der Waals surface area (Å²) in [6.07, 6.45) is -3.25. The summed E-state index contributed by atoms with van der Waals surface area (Å²) in [7, 11) is 1.46. The van der Waals surface area contributed by atoms with E-state index in [4.69, 9.17) is 9.47 Å². The average Bonchev–Trinajstić information content (AvgIpc) is 2.82. The summed E-state index contributed by atoms with van der Waals surface area (Å²) in [5.41, 5.74) is 1.26. The van der Waals surface area contributed by atoms with Crippen molar-refractivity contribution in [1.29, 1.82) is 5.26 Å². The van der Waals surface area contributed by atoms with E-state index in [1.165, 1.54) is 25.3 Å². The van der Waals surface area contributed by atoms with Gasteiger partial charge in [0.1, 0.15) is 18.2 Å². The number of anilines is 1. The van der Waals surface area contributed by atoms with Crippen molar-refractivity contribution in [3.05, 3.63) is 93.0 Å². The van der Waals surface area contributed by atoms with Crippen LogP contribution in [0, 0.1) is 18.3 Å². The lowest BCUT2D eigenvalue weighted by molar-refractivity contribution is -0.137. The molecular formula is C26H20BrF3N2O3. The van der Waals surface area contributed by atoms with Crippen LogP contribution in [0.5, 0.6) is 11.5 Å². The van der Waals surface area contributed by atoms with Crippen LogP contribution in [0.2, 0.25) is 0 Å². The van der Waals surface area contributed by atoms with Gasteiger partial charge in [0.25, 0.3) is 5.91 Å². The van der Waals surface area contributed by atoms with Gasteiger partial charge in [0, 0.05) is 5.69 Å². The number of nitriles is 1. The summed E-state index contributed by atoms with van der Waals surface area (Å²) in [5, 5.41) is 11.8. The Morgan fingerprint density at radius 1 is 1.14 bits per heavy atom. The Kier molecular flexibility index (Phi) is 8.20. The Hall–Kier alpha value is -3.77. The number of nitrogens with zero attached hydrogens (tertiary/aromatic N) is 1. The quantitative estimate of drug-likeness (QED) is 0.259. The van der Waals surface area contributed by atoms with Crippen LogP contribution in [0.15, 0.2) is 70.7 Å². The molecule has 35 heavy (non-hydrogen) atoms. The number of benzene rings is 3. The van der Waals surface area contributed by atoms with Crippen molar-refractivity contribution in [3.8, 4) is 17.6 Å². The van der Waals surface area contributed by atoms with E-state index in [1.807, 2.05) is 31.2 Å². The Morgan fingerprint density at radius 2 is 1.86 bits per heavy atom. The van der Waals surface area contributed by atoms with Crippen LogP contribution in [-0.4, -0.2) is 13.0 Å². The van der Waals surface area contributed by atoms with Gasteiger partial charge in [-0.05, 0) is 70.4 Å². The highest BCUT2D eigenvalue weighted by molar-refractivity contribution is 9.10. The van der Waals surface area contributed by atoms with Gasteiger partial charge in [-0.3, -0.25) is 4.79 Å². The summed E-state index contributed by atoms with van der Waals surface area (Å²) in [6.45, 7) is 2.29. The number of carbonyl (C=O) groups is 1. The highest BCUT2D eigenvalue weighted by Crippen LogP contribution is 2.38. The first-order valence-electron chi connectivity index (χ1n) is 10.3. The van der Waals surface area contributed by atoms with Crippen LogP contribution >= 0.6 is 15.9 Å². The number of hydrogen-bond acceptors (Lipinski definition) is 4. The summed E-state index contributed by atoms with van der Waals surface area (Å²) in [5.74, 6) is -0.0351. The lowest BCUT2D eigenvalue weighted by atomic mass is 10.1. The molecule has 0 unspecified atom stereocenters. The van der Waals surface area contributed by atoms with Crippen molar-refractivity contribution in [1.82, 2.24) is 0 Å². The number of amides is 1. The second-order valence-corrected chi connectivity index (χ2v) is 8.37. The highest BCUT2D eigenvalue weighted by atomic mass is 79.9. The van der Waals surface area contributed by atoms with E-state index in [2.05, 4.69) is 21.2 Å². The zero-order chi connectivity index (χ0) is 25.6. The van der Waals surface area contributed by atoms with Gasteiger partial charge in [-0.25, -0.2) is 0 Å². The number of nitrogens with one attached hydrogen (secondary N) is 1. The molecule has 1 N–H and O–H groups in total. The molecule has 0 atom stereocenters. The summed E-state index contributed by atoms with van der Waals surface area (Å²) in [4.78, 5) is 12.5. The zero-order valence-corrected chi connectivity index (χ0v) is 20.3. The first kappa shape index (κ1) is 25.8. The van der Waals surface area contributed by atoms with E-state index < -0.39 is 17.6 Å². The average molecular weight is 545 g/mol. The van der Waals surface area contributed by atoms with E-state index in [-0.39, 0.29) is 11.3 Å². The van der Waals surface area contributed by atoms with Gasteiger partial charge in [-0.1, -0.05) is 35.9 Å². The Morgan fingerprint density at radius 3 is 2.49 bits per heavy atom. The Labute approximate surface area is 208 Å². The second-order valence-electron chi connectivity index (χ2n) is 7.51. The molecule has 0 fully saturated rings. The molecule has 180 valence electrons. The molecule has 0 saturated carbocycles. The fourth-order valence-corrected chi connectivity index (χ4v) is 3.66. The van der Waals surface area contributed by atoms with E-state index in [0.29, 0.717) is 28.1 Å². The number of carbonyl (C=O) groups excluding carboxylic acids is 1. The minimum Gasteiger partial charge on any atom is -0.493 e. The molecule has 0 aliphatic carbocycles. The van der Waals surface area contributed by atoms with Gasteiger partial charge in [-0.2, -0.15) is 18.4 Å². The van der Waals surface area contributed by atoms with Gasteiger partial charge in [0.05, 0.1) is 17.1 Å². The van der Waals surface area contributed by atoms with Crippen LogP contribution in [-0.2, 0) is 17.6 Å². The molecule has 9 heteroatoms. The van der Waals surface area contributed by atoms with Crippen molar-refractivity contribution in [2.24, 2.45) is 0 Å². The van der Waals surface area contributed by atoms with Crippen molar-refractivity contribution in [3.63, 3.8) is 0 Å². The molecule has 3 rings (SSSR count). The lowest BCUT2D eigenvalue weighted by Crippen LogP contribution is -2.14. The molecule has 0 aliphatic heterocycles. The standard InChI is InChI=1S/C26H20BrF3N2O3/c1-16-6-8-17(9-7-16)15-35-24-22(27)11-18(12-23(24)34-2)10-19(14-31)25(33)32-21-5-3-4-20(13-21)26(28,29)30/h3-13H,15H2,1-2H3,(H,32,33)/b19-10+. The smallest absolute Gasteiger partial charge is 0.416 e. The van der Waals surface area contributed by atoms with Crippen LogP contribution < -0.4 is 14.8 Å². The Balaban J connectivity index is 1.81. The number of halogens is 4. The maximum absolute atomic E-state index is 12.9. The SMILES string of the molecule is COc1cc(/C=C(\C#N)C(=O)Nc2cccc(C(F)(F)F)c2)cc(Br)c1OCc1ccc(C)cc1. The van der Waals surface area contributed by atoms with Gasteiger partial charge in [-0.15, -0.1) is 0 Å². The monoisotopic (exact) mass is 544 g/mol. The molecular weight excluding hydrogens is 525 g/mol. The predicted octanol–water partition coefficient (Wildman–Crippen LogP) is 6.91. The van der Waals surface area contributed by atoms with E-state index in [9.17, 15) is 23.2 Å². The van der Waals surface area contributed by atoms with Crippen LogP contribution in [0.1, 0.15) is 22.3 Å². The number of alkyl halides is 3. The number of ether oxygens (including phenoxy) is 2. The third-order valence-corrected chi connectivity index (χ3v) is 5.47. The molecule has 3 aromatic rings. The fraction of sp³-hybridized carbons (Fsp3) is 0.154. The van der Waals surface area contributed by atoms with E-state index >= 15 is 0 Å². The number of methoxy groups -OCH3 is 1. The highest BCUT2D eigenvalue weighted by Gasteiger charge is 2.30. The topological polar surface area (TPSA) is 71.3 Å². The first-order valence-corrected chi connectivity index (χ1v) is 11.1. The minimum absolute atomic E-state index is 0.0791. The normalized spacial score (nSPS) is 11.5. The summed E-state index contributed by atoms with van der Waals surface area (Å²) < 4.78 is 50.6. The number of rotatable bonds is 7. The second kappa shape index (κ2) is 11.1. The lowest BCUT2D eigenvalue weighted by Gasteiger charge is -2.14. The predicted molar refractivity (Wildman–Crippen MR) is 130 cm³/mol. The van der Waals surface area contributed by atoms with Crippen LogP contribution in [0.25, 0.3) is 6.08 Å². The van der Waals surface area contributed by atoms with E-state index in [1.54, 1.807) is 18.2 Å². The van der Waals surface area contributed by atoms with Crippen molar-refractivity contribution in [2.75, 3.05) is 12.4 Å². The summed E-state index contributed by atoms with van der Waals surface area (Å²) >= 11 is 3.43. The third-order valence-electron chi connectivity index (χ3n) is 4.88. The molecule has 0 radical (unpaired) electrons. The van der Waals surface area contributed by atoms with Gasteiger partial charge >= 0.3 is 6.18 Å². The first-order chi connectivity index (χ1) is 16.6.